The van der Waals surface area contributed by atoms with Crippen molar-refractivity contribution in [3.05, 3.63) is 48.0 Å². The minimum Gasteiger partial charge on any atom is -0.493 e. The van der Waals surface area contributed by atoms with Gasteiger partial charge in [0, 0.05) is 31.5 Å². The zero-order chi connectivity index (χ0) is 24.9. The quantitative estimate of drug-likeness (QED) is 0.507. The second-order valence-electron chi connectivity index (χ2n) is 8.01. The van der Waals surface area contributed by atoms with E-state index in [9.17, 15) is 9.59 Å². The Morgan fingerprint density at radius 2 is 1.78 bits per heavy atom. The van der Waals surface area contributed by atoms with Gasteiger partial charge in [0.2, 0.25) is 11.9 Å². The summed E-state index contributed by atoms with van der Waals surface area (Å²) >= 11 is 0. The summed E-state index contributed by atoms with van der Waals surface area (Å²) in [5.41, 5.74) is 7.69. The number of halogens is 1. The van der Waals surface area contributed by atoms with Crippen LogP contribution in [0, 0.1) is 0 Å². The Morgan fingerprint density at radius 1 is 1.08 bits per heavy atom. The number of hydrogen-bond acceptors (Lipinski definition) is 9. The van der Waals surface area contributed by atoms with Crippen LogP contribution in [0.4, 0.5) is 16.6 Å². The lowest BCUT2D eigenvalue weighted by molar-refractivity contribution is -0.129. The third kappa shape index (κ3) is 5.80. The van der Waals surface area contributed by atoms with Crippen molar-refractivity contribution in [1.29, 1.82) is 0 Å². The Hall–Kier alpha value is -3.99. The SMILES string of the molecule is COc1cc2nc(N3CCN(C(C)=O)CC3NC(=O)OCc3ccccc3)nc(N)c2cc1OC.Cl. The van der Waals surface area contributed by atoms with E-state index in [1.807, 2.05) is 30.3 Å². The number of amides is 2. The number of nitrogens with one attached hydrogen (secondary N) is 1. The lowest BCUT2D eigenvalue weighted by atomic mass is 10.2. The number of rotatable bonds is 6. The van der Waals surface area contributed by atoms with Gasteiger partial charge in [0.05, 0.1) is 26.3 Å². The van der Waals surface area contributed by atoms with Crippen molar-refractivity contribution in [1.82, 2.24) is 20.2 Å². The second kappa shape index (κ2) is 11.6. The van der Waals surface area contributed by atoms with E-state index >= 15 is 0 Å². The highest BCUT2D eigenvalue weighted by molar-refractivity contribution is 5.92. The minimum atomic E-state index is -0.618. The molecule has 1 saturated heterocycles. The van der Waals surface area contributed by atoms with E-state index in [0.29, 0.717) is 41.4 Å². The van der Waals surface area contributed by atoms with Crippen molar-refractivity contribution in [2.75, 3.05) is 44.5 Å². The van der Waals surface area contributed by atoms with E-state index in [4.69, 9.17) is 19.9 Å². The fourth-order valence-electron chi connectivity index (χ4n) is 3.93. The summed E-state index contributed by atoms with van der Waals surface area (Å²) in [6.07, 6.45) is -1.23. The first-order valence-corrected chi connectivity index (χ1v) is 11.1. The molecule has 3 N–H and O–H groups in total. The Balaban J connectivity index is 0.00000361. The van der Waals surface area contributed by atoms with Crippen LogP contribution in [-0.4, -0.2) is 66.9 Å². The van der Waals surface area contributed by atoms with E-state index in [1.165, 1.54) is 21.1 Å². The Morgan fingerprint density at radius 3 is 2.44 bits per heavy atom. The molecule has 0 saturated carbocycles. The number of ether oxygens (including phenoxy) is 3. The van der Waals surface area contributed by atoms with Gasteiger partial charge in [0.1, 0.15) is 18.6 Å². The fraction of sp³-hybridized carbons (Fsp3) is 0.333. The summed E-state index contributed by atoms with van der Waals surface area (Å²) in [6, 6.07) is 12.8. The number of piperazine rings is 1. The number of nitrogens with two attached hydrogens (primary N) is 1. The lowest BCUT2D eigenvalue weighted by Gasteiger charge is -2.41. The van der Waals surface area contributed by atoms with Gasteiger partial charge in [-0.25, -0.2) is 9.78 Å². The fourth-order valence-corrected chi connectivity index (χ4v) is 3.93. The molecule has 1 aliphatic rings. The third-order valence-corrected chi connectivity index (χ3v) is 5.80. The summed E-state index contributed by atoms with van der Waals surface area (Å²) in [6.45, 7) is 2.69. The number of fused-ring (bicyclic) bond motifs is 1. The van der Waals surface area contributed by atoms with Crippen LogP contribution in [0.1, 0.15) is 12.5 Å². The molecule has 4 rings (SSSR count). The Bertz CT molecular complexity index is 1230. The molecule has 2 amide bonds. The first-order chi connectivity index (χ1) is 16.9. The molecular weight excluding hydrogens is 488 g/mol. The molecule has 11 nitrogen and oxygen atoms in total. The van der Waals surface area contributed by atoms with E-state index in [2.05, 4.69) is 15.3 Å². The van der Waals surface area contributed by atoms with Crippen molar-refractivity contribution in [3.63, 3.8) is 0 Å². The van der Waals surface area contributed by atoms with Gasteiger partial charge in [0.25, 0.3) is 0 Å². The summed E-state index contributed by atoms with van der Waals surface area (Å²) in [4.78, 5) is 37.2. The maximum atomic E-state index is 12.6. The Labute approximate surface area is 214 Å². The van der Waals surface area contributed by atoms with Gasteiger partial charge in [-0.2, -0.15) is 4.98 Å². The zero-order valence-electron chi connectivity index (χ0n) is 20.3. The molecule has 36 heavy (non-hydrogen) atoms. The molecule has 3 aromatic rings. The highest BCUT2D eigenvalue weighted by atomic mass is 35.5. The predicted molar refractivity (Wildman–Crippen MR) is 137 cm³/mol. The number of methoxy groups -OCH3 is 2. The van der Waals surface area contributed by atoms with Crippen molar-refractivity contribution in [2.45, 2.75) is 19.7 Å². The molecule has 1 aromatic heterocycles. The number of carbonyl (C=O) groups excluding carboxylic acids is 2. The summed E-state index contributed by atoms with van der Waals surface area (Å²) in [5, 5.41) is 3.45. The second-order valence-corrected chi connectivity index (χ2v) is 8.01. The first-order valence-electron chi connectivity index (χ1n) is 11.1. The molecule has 0 bridgehead atoms. The van der Waals surface area contributed by atoms with E-state index in [1.54, 1.807) is 21.9 Å². The molecular formula is C24H29ClN6O5. The van der Waals surface area contributed by atoms with Crippen LogP contribution >= 0.6 is 12.4 Å². The van der Waals surface area contributed by atoms with Gasteiger partial charge < -0.3 is 29.7 Å². The van der Waals surface area contributed by atoms with Crippen LogP contribution in [0.5, 0.6) is 11.5 Å². The number of nitrogen functional groups attached to an aromatic ring is 1. The first kappa shape index (κ1) is 26.6. The van der Waals surface area contributed by atoms with Gasteiger partial charge in [-0.05, 0) is 11.6 Å². The van der Waals surface area contributed by atoms with Gasteiger partial charge in [-0.15, -0.1) is 12.4 Å². The molecule has 1 fully saturated rings. The highest BCUT2D eigenvalue weighted by Crippen LogP contribution is 2.34. The van der Waals surface area contributed by atoms with Gasteiger partial charge in [-0.3, -0.25) is 10.1 Å². The van der Waals surface area contributed by atoms with Crippen LogP contribution in [0.3, 0.4) is 0 Å². The van der Waals surface area contributed by atoms with E-state index in [0.717, 1.165) is 5.56 Å². The average Bonchev–Trinajstić information content (AvgIpc) is 2.87. The Kier molecular flexibility index (Phi) is 8.59. The molecule has 1 atom stereocenters. The normalized spacial score (nSPS) is 15.1. The van der Waals surface area contributed by atoms with Crippen LogP contribution < -0.4 is 25.4 Å². The molecule has 2 heterocycles. The maximum absolute atomic E-state index is 12.6. The largest absolute Gasteiger partial charge is 0.493 e. The van der Waals surface area contributed by atoms with Crippen LogP contribution in [0.15, 0.2) is 42.5 Å². The van der Waals surface area contributed by atoms with Gasteiger partial charge in [-0.1, -0.05) is 30.3 Å². The molecule has 192 valence electrons. The van der Waals surface area contributed by atoms with Gasteiger partial charge >= 0.3 is 6.09 Å². The number of hydrogen-bond donors (Lipinski definition) is 2. The number of alkyl carbamates (subject to hydrolysis) is 1. The summed E-state index contributed by atoms with van der Waals surface area (Å²) in [5.74, 6) is 1.50. The average molecular weight is 517 g/mol. The lowest BCUT2D eigenvalue weighted by Crippen LogP contribution is -2.61. The number of carbonyl (C=O) groups is 2. The van der Waals surface area contributed by atoms with Crippen LogP contribution in [0.25, 0.3) is 10.9 Å². The minimum absolute atomic E-state index is 0. The van der Waals surface area contributed by atoms with Crippen LogP contribution in [-0.2, 0) is 16.1 Å². The standard InChI is InChI=1S/C24H28N6O5.ClH/c1-15(31)29-9-10-30(21(13-29)27-24(32)35-14-16-7-5-4-6-8-16)23-26-18-12-20(34-3)19(33-2)11-17(18)22(25)28-23;/h4-8,11-12,21H,9-10,13-14H2,1-3H3,(H,27,32)(H2,25,26,28);1H. The van der Waals surface area contributed by atoms with Crippen molar-refractivity contribution >= 4 is 47.1 Å². The van der Waals surface area contributed by atoms with Crippen molar-refractivity contribution in [2.24, 2.45) is 0 Å². The van der Waals surface area contributed by atoms with E-state index < -0.39 is 12.3 Å². The van der Waals surface area contributed by atoms with Gasteiger partial charge in [0.15, 0.2) is 11.5 Å². The molecule has 0 aliphatic carbocycles. The monoisotopic (exact) mass is 516 g/mol. The molecule has 0 radical (unpaired) electrons. The highest BCUT2D eigenvalue weighted by Gasteiger charge is 2.32. The molecule has 0 spiro atoms. The number of anilines is 2. The molecule has 2 aromatic carbocycles. The van der Waals surface area contributed by atoms with Crippen molar-refractivity contribution < 1.29 is 23.8 Å². The predicted octanol–water partition coefficient (Wildman–Crippen LogP) is 2.57. The third-order valence-electron chi connectivity index (χ3n) is 5.80. The molecule has 12 heteroatoms. The summed E-state index contributed by atoms with van der Waals surface area (Å²) in [7, 11) is 3.08. The van der Waals surface area contributed by atoms with Crippen LogP contribution in [0.2, 0.25) is 0 Å². The van der Waals surface area contributed by atoms with Crippen molar-refractivity contribution in [3.8, 4) is 11.5 Å². The summed E-state index contributed by atoms with van der Waals surface area (Å²) < 4.78 is 16.1. The smallest absolute Gasteiger partial charge is 0.409 e. The molecule has 1 aliphatic heterocycles. The number of aromatic nitrogens is 2. The maximum Gasteiger partial charge on any atom is 0.409 e. The number of nitrogens with zero attached hydrogens (tertiary/aromatic N) is 4. The topological polar surface area (TPSA) is 132 Å². The number of benzene rings is 2. The van der Waals surface area contributed by atoms with E-state index in [-0.39, 0.29) is 37.3 Å². The zero-order valence-corrected chi connectivity index (χ0v) is 21.1. The molecule has 1 unspecified atom stereocenters.